The first kappa shape index (κ1) is 19.2. The van der Waals surface area contributed by atoms with E-state index in [2.05, 4.69) is 5.43 Å². The van der Waals surface area contributed by atoms with E-state index in [1.54, 1.807) is 42.5 Å². The Kier molecular flexibility index (Phi) is 5.69. The zero-order valence-electron chi connectivity index (χ0n) is 13.9. The molecule has 0 spiro atoms. The molecule has 1 heterocycles. The van der Waals surface area contributed by atoms with Crippen LogP contribution in [0.5, 0.6) is 11.5 Å². The molecule has 0 aliphatic carbocycles. The Bertz CT molecular complexity index is 960. The summed E-state index contributed by atoms with van der Waals surface area (Å²) in [6.45, 7) is 0. The largest absolute Gasteiger partial charge is 0.504 e. The van der Waals surface area contributed by atoms with Gasteiger partial charge in [0.25, 0.3) is 11.8 Å². The number of hydrazine groups is 1. The first-order valence-corrected chi connectivity index (χ1v) is 9.21. The summed E-state index contributed by atoms with van der Waals surface area (Å²) in [6, 6.07) is 11.0. The van der Waals surface area contributed by atoms with Gasteiger partial charge in [0.05, 0.1) is 12.0 Å². The van der Waals surface area contributed by atoms with Crippen molar-refractivity contribution in [3.63, 3.8) is 0 Å². The topological polar surface area (TPSA) is 78.9 Å². The maximum atomic E-state index is 12.6. The number of amides is 2. The summed E-state index contributed by atoms with van der Waals surface area (Å²) in [5.41, 5.74) is 3.43. The number of methoxy groups -OCH3 is 1. The van der Waals surface area contributed by atoms with Gasteiger partial charge in [-0.1, -0.05) is 29.4 Å². The zero-order chi connectivity index (χ0) is 19.6. The van der Waals surface area contributed by atoms with Crippen LogP contribution in [0.4, 0.5) is 0 Å². The molecule has 2 aromatic carbocycles. The predicted octanol–water partition coefficient (Wildman–Crippen LogP) is 3.60. The zero-order valence-corrected chi connectivity index (χ0v) is 16.3. The third kappa shape index (κ3) is 4.24. The second-order valence-electron chi connectivity index (χ2n) is 5.40. The molecule has 0 bridgehead atoms. The van der Waals surface area contributed by atoms with Gasteiger partial charge in [-0.2, -0.15) is 5.01 Å². The molecule has 0 saturated carbocycles. The lowest BCUT2D eigenvalue weighted by molar-refractivity contribution is -0.123. The molecule has 2 aromatic rings. The van der Waals surface area contributed by atoms with Crippen LogP contribution in [0.1, 0.15) is 15.9 Å². The Labute approximate surface area is 169 Å². The van der Waals surface area contributed by atoms with E-state index in [0.717, 1.165) is 16.8 Å². The molecular formula is C18H13ClN2O4S2. The summed E-state index contributed by atoms with van der Waals surface area (Å²) < 4.78 is 5.19. The predicted molar refractivity (Wildman–Crippen MR) is 109 cm³/mol. The number of halogens is 1. The van der Waals surface area contributed by atoms with Gasteiger partial charge >= 0.3 is 0 Å². The van der Waals surface area contributed by atoms with Gasteiger partial charge < -0.3 is 9.84 Å². The Morgan fingerprint density at radius 3 is 2.63 bits per heavy atom. The van der Waals surface area contributed by atoms with Gasteiger partial charge in [0, 0.05) is 10.6 Å². The van der Waals surface area contributed by atoms with Crippen molar-refractivity contribution in [1.29, 1.82) is 0 Å². The van der Waals surface area contributed by atoms with Crippen molar-refractivity contribution in [3.05, 3.63) is 63.5 Å². The number of benzene rings is 2. The second kappa shape index (κ2) is 7.99. The number of phenolic OH excluding ortho intramolecular Hbond substituents is 1. The Morgan fingerprint density at radius 1 is 1.30 bits per heavy atom. The highest BCUT2D eigenvalue weighted by atomic mass is 35.5. The minimum absolute atomic E-state index is 0.0437. The van der Waals surface area contributed by atoms with Gasteiger partial charge in [-0.25, -0.2) is 0 Å². The van der Waals surface area contributed by atoms with Crippen molar-refractivity contribution in [2.24, 2.45) is 0 Å². The van der Waals surface area contributed by atoms with E-state index in [9.17, 15) is 14.7 Å². The standard InChI is InChI=1S/C18H13ClN2O4S2/c1-25-14-7-2-10(8-13(14)22)9-15-17(24)21(18(26)27-15)20-16(23)11-3-5-12(19)6-4-11/h2-9,22H,1H3,(H,20,23)/b15-9+. The molecule has 2 N–H and O–H groups in total. The lowest BCUT2D eigenvalue weighted by Gasteiger charge is -2.15. The smallest absolute Gasteiger partial charge is 0.285 e. The van der Waals surface area contributed by atoms with Gasteiger partial charge in [0.1, 0.15) is 0 Å². The van der Waals surface area contributed by atoms with Crippen molar-refractivity contribution in [2.45, 2.75) is 0 Å². The molecule has 3 rings (SSSR count). The van der Waals surface area contributed by atoms with Crippen LogP contribution in [-0.2, 0) is 4.79 Å². The van der Waals surface area contributed by atoms with Crippen molar-refractivity contribution in [1.82, 2.24) is 10.4 Å². The Morgan fingerprint density at radius 2 is 2.00 bits per heavy atom. The summed E-state index contributed by atoms with van der Waals surface area (Å²) in [5.74, 6) is -0.651. The number of rotatable bonds is 4. The number of nitrogens with one attached hydrogen (secondary N) is 1. The van der Waals surface area contributed by atoms with Crippen molar-refractivity contribution in [3.8, 4) is 11.5 Å². The van der Waals surface area contributed by atoms with Gasteiger partial charge in [-0.15, -0.1) is 0 Å². The number of thioether (sulfide) groups is 1. The minimum Gasteiger partial charge on any atom is -0.504 e. The third-order valence-electron chi connectivity index (χ3n) is 3.61. The molecule has 1 saturated heterocycles. The van der Waals surface area contributed by atoms with Crippen LogP contribution < -0.4 is 10.2 Å². The number of thiocarbonyl (C=S) groups is 1. The lowest BCUT2D eigenvalue weighted by Crippen LogP contribution is -2.44. The number of phenols is 1. The average Bonchev–Trinajstić information content (AvgIpc) is 2.90. The fourth-order valence-corrected chi connectivity index (χ4v) is 3.59. The molecule has 0 aromatic heterocycles. The number of nitrogens with zero attached hydrogens (tertiary/aromatic N) is 1. The van der Waals surface area contributed by atoms with Gasteiger partial charge in [-0.05, 0) is 60.3 Å². The summed E-state index contributed by atoms with van der Waals surface area (Å²) in [7, 11) is 1.45. The molecule has 9 heteroatoms. The number of carbonyl (C=O) groups excluding carboxylic acids is 2. The van der Waals surface area contributed by atoms with E-state index in [1.807, 2.05) is 0 Å². The van der Waals surface area contributed by atoms with E-state index in [4.69, 9.17) is 28.6 Å². The maximum absolute atomic E-state index is 12.6. The highest BCUT2D eigenvalue weighted by Gasteiger charge is 2.33. The van der Waals surface area contributed by atoms with Crippen LogP contribution in [-0.4, -0.2) is 33.4 Å². The molecule has 1 aliphatic rings. The molecule has 27 heavy (non-hydrogen) atoms. The number of hydrogen-bond donors (Lipinski definition) is 2. The lowest BCUT2D eigenvalue weighted by atomic mass is 10.2. The van der Waals surface area contributed by atoms with Crippen LogP contribution in [0.15, 0.2) is 47.4 Å². The normalized spacial score (nSPS) is 15.3. The Hall–Kier alpha value is -2.55. The summed E-state index contributed by atoms with van der Waals surface area (Å²) in [5, 5.41) is 11.4. The van der Waals surface area contributed by atoms with E-state index in [1.165, 1.54) is 13.2 Å². The summed E-state index contributed by atoms with van der Waals surface area (Å²) in [4.78, 5) is 25.2. The van der Waals surface area contributed by atoms with Crippen LogP contribution in [0.2, 0.25) is 5.02 Å². The SMILES string of the molecule is COc1ccc(/C=C2/SC(=S)N(NC(=O)c3ccc(Cl)cc3)C2=O)cc1O. The maximum Gasteiger partial charge on any atom is 0.285 e. The molecule has 0 unspecified atom stereocenters. The van der Waals surface area contributed by atoms with Crippen molar-refractivity contribution >= 4 is 57.8 Å². The number of hydrogen-bond acceptors (Lipinski definition) is 6. The van der Waals surface area contributed by atoms with Crippen molar-refractivity contribution in [2.75, 3.05) is 7.11 Å². The first-order chi connectivity index (χ1) is 12.9. The molecule has 6 nitrogen and oxygen atoms in total. The highest BCUT2D eigenvalue weighted by Crippen LogP contribution is 2.33. The van der Waals surface area contributed by atoms with E-state index >= 15 is 0 Å². The third-order valence-corrected chi connectivity index (χ3v) is 5.17. The number of ether oxygens (including phenoxy) is 1. The fourth-order valence-electron chi connectivity index (χ4n) is 2.28. The number of aromatic hydroxyl groups is 1. The highest BCUT2D eigenvalue weighted by molar-refractivity contribution is 8.26. The minimum atomic E-state index is -0.480. The second-order valence-corrected chi connectivity index (χ2v) is 7.51. The van der Waals surface area contributed by atoms with Gasteiger partial charge in [0.15, 0.2) is 15.8 Å². The molecule has 1 aliphatic heterocycles. The molecular weight excluding hydrogens is 408 g/mol. The van der Waals surface area contributed by atoms with Crippen LogP contribution in [0.25, 0.3) is 6.08 Å². The monoisotopic (exact) mass is 420 g/mol. The molecule has 138 valence electrons. The van der Waals surface area contributed by atoms with Crippen LogP contribution in [0.3, 0.4) is 0 Å². The fraction of sp³-hybridized carbons (Fsp3) is 0.0556. The quantitative estimate of drug-likeness (QED) is 0.581. The molecule has 1 fully saturated rings. The average molecular weight is 421 g/mol. The molecule has 2 amide bonds. The van der Waals surface area contributed by atoms with Crippen molar-refractivity contribution < 1.29 is 19.4 Å². The first-order valence-electron chi connectivity index (χ1n) is 7.60. The van der Waals surface area contributed by atoms with E-state index < -0.39 is 11.8 Å². The van der Waals surface area contributed by atoms with Gasteiger partial charge in [-0.3, -0.25) is 15.0 Å². The van der Waals surface area contributed by atoms with Crippen LogP contribution in [0, 0.1) is 0 Å². The van der Waals surface area contributed by atoms with Gasteiger partial charge in [0.2, 0.25) is 0 Å². The molecule has 0 atom stereocenters. The van der Waals surface area contributed by atoms with E-state index in [0.29, 0.717) is 26.8 Å². The molecule has 0 radical (unpaired) electrons. The summed E-state index contributed by atoms with van der Waals surface area (Å²) >= 11 is 12.0. The van der Waals surface area contributed by atoms with Crippen LogP contribution >= 0.6 is 35.6 Å². The Balaban J connectivity index is 1.77. The van der Waals surface area contributed by atoms with E-state index in [-0.39, 0.29) is 10.1 Å². The number of carbonyl (C=O) groups is 2. The summed E-state index contributed by atoms with van der Waals surface area (Å²) in [6.07, 6.45) is 1.58.